The second-order valence-corrected chi connectivity index (χ2v) is 8.18. The van der Waals surface area contributed by atoms with E-state index in [2.05, 4.69) is 34.1 Å². The van der Waals surface area contributed by atoms with Gasteiger partial charge in [-0.1, -0.05) is 13.8 Å². The van der Waals surface area contributed by atoms with Gasteiger partial charge in [0.05, 0.1) is 11.1 Å². The summed E-state index contributed by atoms with van der Waals surface area (Å²) < 4.78 is 27.3. The molecule has 6 nitrogen and oxygen atoms in total. The number of hydrogen-bond donors (Lipinski definition) is 3. The fourth-order valence-electron chi connectivity index (χ4n) is 1.81. The Hall–Kier alpha value is -1.22. The van der Waals surface area contributed by atoms with Gasteiger partial charge in [0.15, 0.2) is 0 Å². The van der Waals surface area contributed by atoms with E-state index in [1.54, 1.807) is 18.5 Å². The third kappa shape index (κ3) is 4.37. The Morgan fingerprint density at radius 2 is 2.14 bits per heavy atom. The number of nitrogens with zero attached hydrogens (tertiary/aromatic N) is 1. The van der Waals surface area contributed by atoms with Crippen LogP contribution < -0.4 is 10.0 Å². The number of nitrogens with one attached hydrogen (secondary N) is 3. The standard InChI is InChI=1S/C13H20N4O2S2/c1-9(2)14-8-12-4-13(10(3)20-12)21(18,19)17-7-11-5-15-16-6-11/h4-6,9,14,17H,7-8H2,1-3H3,(H,15,16). The third-order valence-electron chi connectivity index (χ3n) is 2.92. The molecule has 0 aliphatic heterocycles. The molecule has 2 heterocycles. The Kier molecular flexibility index (Phi) is 5.15. The smallest absolute Gasteiger partial charge is 0.241 e. The zero-order valence-electron chi connectivity index (χ0n) is 12.3. The highest BCUT2D eigenvalue weighted by atomic mass is 32.2. The highest BCUT2D eigenvalue weighted by Crippen LogP contribution is 2.25. The minimum Gasteiger partial charge on any atom is -0.310 e. The quantitative estimate of drug-likeness (QED) is 0.723. The van der Waals surface area contributed by atoms with Crippen molar-refractivity contribution >= 4 is 21.4 Å². The van der Waals surface area contributed by atoms with E-state index >= 15 is 0 Å². The van der Waals surface area contributed by atoms with Gasteiger partial charge in [-0.25, -0.2) is 13.1 Å². The van der Waals surface area contributed by atoms with Gasteiger partial charge in [-0.3, -0.25) is 5.10 Å². The maximum atomic E-state index is 12.3. The summed E-state index contributed by atoms with van der Waals surface area (Å²) in [5, 5.41) is 9.74. The lowest BCUT2D eigenvalue weighted by Gasteiger charge is -2.05. The molecule has 8 heteroatoms. The second-order valence-electron chi connectivity index (χ2n) is 5.10. The van der Waals surface area contributed by atoms with Gasteiger partial charge >= 0.3 is 0 Å². The molecule has 3 N–H and O–H groups in total. The van der Waals surface area contributed by atoms with Crippen LogP contribution in [0.2, 0.25) is 0 Å². The van der Waals surface area contributed by atoms with Crippen molar-refractivity contribution in [3.8, 4) is 0 Å². The number of aryl methyl sites for hydroxylation is 1. The van der Waals surface area contributed by atoms with E-state index in [0.717, 1.165) is 15.3 Å². The molecule has 0 atom stereocenters. The van der Waals surface area contributed by atoms with E-state index in [4.69, 9.17) is 0 Å². The summed E-state index contributed by atoms with van der Waals surface area (Å²) in [6.45, 7) is 6.86. The molecule has 2 aromatic heterocycles. The van der Waals surface area contributed by atoms with Crippen LogP contribution in [0.1, 0.15) is 29.2 Å². The van der Waals surface area contributed by atoms with E-state index in [-0.39, 0.29) is 6.54 Å². The number of aromatic nitrogens is 2. The highest BCUT2D eigenvalue weighted by Gasteiger charge is 2.19. The zero-order valence-corrected chi connectivity index (χ0v) is 13.9. The second kappa shape index (κ2) is 6.69. The van der Waals surface area contributed by atoms with Crippen LogP contribution in [0, 0.1) is 6.92 Å². The molecule has 0 amide bonds. The van der Waals surface area contributed by atoms with Gasteiger partial charge in [-0.15, -0.1) is 11.3 Å². The van der Waals surface area contributed by atoms with Crippen LogP contribution in [0.25, 0.3) is 0 Å². The van der Waals surface area contributed by atoms with Crippen molar-refractivity contribution in [2.24, 2.45) is 0 Å². The largest absolute Gasteiger partial charge is 0.310 e. The molecule has 21 heavy (non-hydrogen) atoms. The van der Waals surface area contributed by atoms with Crippen molar-refractivity contribution in [1.29, 1.82) is 0 Å². The Morgan fingerprint density at radius 1 is 1.38 bits per heavy atom. The van der Waals surface area contributed by atoms with Crippen LogP contribution >= 0.6 is 11.3 Å². The fraction of sp³-hybridized carbons (Fsp3) is 0.462. The van der Waals surface area contributed by atoms with Crippen molar-refractivity contribution in [2.45, 2.75) is 44.8 Å². The zero-order chi connectivity index (χ0) is 15.5. The van der Waals surface area contributed by atoms with E-state index in [9.17, 15) is 8.42 Å². The molecular formula is C13H20N4O2S2. The molecule has 0 bridgehead atoms. The Labute approximate surface area is 129 Å². The van der Waals surface area contributed by atoms with E-state index in [1.165, 1.54) is 11.3 Å². The monoisotopic (exact) mass is 328 g/mol. The van der Waals surface area contributed by atoms with Gasteiger partial charge in [-0.2, -0.15) is 5.10 Å². The Morgan fingerprint density at radius 3 is 2.76 bits per heavy atom. The first-order valence-electron chi connectivity index (χ1n) is 6.68. The molecule has 0 aliphatic carbocycles. The lowest BCUT2D eigenvalue weighted by atomic mass is 10.3. The van der Waals surface area contributed by atoms with Crippen molar-refractivity contribution in [2.75, 3.05) is 0 Å². The van der Waals surface area contributed by atoms with Crippen molar-refractivity contribution < 1.29 is 8.42 Å². The number of H-pyrrole nitrogens is 1. The van der Waals surface area contributed by atoms with E-state index in [0.29, 0.717) is 17.5 Å². The summed E-state index contributed by atoms with van der Waals surface area (Å²) in [6.07, 6.45) is 3.27. The summed E-state index contributed by atoms with van der Waals surface area (Å²) in [6, 6.07) is 2.11. The van der Waals surface area contributed by atoms with Crippen molar-refractivity contribution in [3.63, 3.8) is 0 Å². The number of sulfonamides is 1. The SMILES string of the molecule is Cc1sc(CNC(C)C)cc1S(=O)(=O)NCc1cn[nH]c1. The first kappa shape index (κ1) is 16.2. The number of rotatable bonds is 7. The van der Waals surface area contributed by atoms with Crippen molar-refractivity contribution in [1.82, 2.24) is 20.2 Å². The molecule has 0 radical (unpaired) electrons. The topological polar surface area (TPSA) is 86.9 Å². The molecule has 0 fully saturated rings. The maximum absolute atomic E-state index is 12.3. The molecule has 2 aromatic rings. The van der Waals surface area contributed by atoms with E-state index in [1.807, 2.05) is 6.92 Å². The Bertz CT molecular complexity index is 675. The highest BCUT2D eigenvalue weighted by molar-refractivity contribution is 7.89. The van der Waals surface area contributed by atoms with Gasteiger partial charge in [0, 0.05) is 40.6 Å². The summed E-state index contributed by atoms with van der Waals surface area (Å²) in [7, 11) is -3.49. The van der Waals surface area contributed by atoms with Crippen molar-refractivity contribution in [3.05, 3.63) is 33.8 Å². The fourth-order valence-corrected chi connectivity index (χ4v) is 4.42. The van der Waals surface area contributed by atoms with Crippen LogP contribution in [-0.2, 0) is 23.1 Å². The molecular weight excluding hydrogens is 308 g/mol. The summed E-state index contributed by atoms with van der Waals surface area (Å²) in [5.74, 6) is 0. The normalized spacial score (nSPS) is 12.2. The van der Waals surface area contributed by atoms with Crippen LogP contribution in [0.3, 0.4) is 0 Å². The Balaban J connectivity index is 2.08. The summed E-state index contributed by atoms with van der Waals surface area (Å²) in [4.78, 5) is 2.18. The maximum Gasteiger partial charge on any atom is 0.241 e. The first-order chi connectivity index (χ1) is 9.88. The lowest BCUT2D eigenvalue weighted by molar-refractivity contribution is 0.580. The average Bonchev–Trinajstić information content (AvgIpc) is 3.03. The predicted molar refractivity (Wildman–Crippen MR) is 83.6 cm³/mol. The molecule has 0 saturated heterocycles. The predicted octanol–water partition coefficient (Wildman–Crippen LogP) is 1.76. The molecule has 0 aromatic carbocycles. The van der Waals surface area contributed by atoms with Gasteiger partial charge < -0.3 is 5.32 Å². The third-order valence-corrected chi connectivity index (χ3v) is 5.63. The molecule has 0 aliphatic rings. The summed E-state index contributed by atoms with van der Waals surface area (Å²) >= 11 is 1.51. The van der Waals surface area contributed by atoms with Crippen LogP contribution in [0.4, 0.5) is 0 Å². The summed E-state index contributed by atoms with van der Waals surface area (Å²) in [5.41, 5.74) is 0.799. The molecule has 0 unspecified atom stereocenters. The van der Waals surface area contributed by atoms with Gasteiger partial charge in [0.25, 0.3) is 0 Å². The van der Waals surface area contributed by atoms with Gasteiger partial charge in [-0.05, 0) is 13.0 Å². The number of thiophene rings is 1. The van der Waals surface area contributed by atoms with Gasteiger partial charge in [0.1, 0.15) is 0 Å². The average molecular weight is 328 g/mol. The number of hydrogen-bond acceptors (Lipinski definition) is 5. The molecule has 0 saturated carbocycles. The van der Waals surface area contributed by atoms with Gasteiger partial charge in [0.2, 0.25) is 10.0 Å². The number of aromatic amines is 1. The molecule has 0 spiro atoms. The van der Waals surface area contributed by atoms with Crippen LogP contribution in [0.5, 0.6) is 0 Å². The lowest BCUT2D eigenvalue weighted by Crippen LogP contribution is -2.23. The van der Waals surface area contributed by atoms with Crippen LogP contribution in [0.15, 0.2) is 23.4 Å². The van der Waals surface area contributed by atoms with E-state index < -0.39 is 10.0 Å². The minimum absolute atomic E-state index is 0.230. The molecule has 2 rings (SSSR count). The first-order valence-corrected chi connectivity index (χ1v) is 8.98. The minimum atomic E-state index is -3.49. The molecule has 116 valence electrons. The van der Waals surface area contributed by atoms with Crippen LogP contribution in [-0.4, -0.2) is 24.7 Å².